The number of methoxy groups -OCH3 is 1. The highest BCUT2D eigenvalue weighted by atomic mass is 16.6. The second-order valence-corrected chi connectivity index (χ2v) is 6.31. The number of fused-ring (bicyclic) bond motifs is 1. The van der Waals surface area contributed by atoms with Crippen molar-refractivity contribution in [2.24, 2.45) is 4.99 Å². The van der Waals surface area contributed by atoms with Crippen LogP contribution in [0.3, 0.4) is 0 Å². The molecule has 130 valence electrons. The number of rotatable bonds is 3. The van der Waals surface area contributed by atoms with Crippen LogP contribution in [0.4, 0.5) is 0 Å². The monoisotopic (exact) mass is 339 g/mol. The van der Waals surface area contributed by atoms with E-state index >= 15 is 0 Å². The van der Waals surface area contributed by atoms with Gasteiger partial charge in [0.25, 0.3) is 0 Å². The zero-order chi connectivity index (χ0) is 17.2. The molecule has 1 atom stereocenters. The first-order valence-corrected chi connectivity index (χ1v) is 8.62. The maximum absolute atomic E-state index is 12.2. The molecule has 0 amide bonds. The van der Waals surface area contributed by atoms with Crippen LogP contribution in [0.15, 0.2) is 52.9 Å². The van der Waals surface area contributed by atoms with Crippen LogP contribution in [-0.4, -0.2) is 43.0 Å². The lowest BCUT2D eigenvalue weighted by molar-refractivity contribution is -0.130. The van der Waals surface area contributed by atoms with Crippen LogP contribution < -0.4 is 10.1 Å². The summed E-state index contributed by atoms with van der Waals surface area (Å²) in [5.74, 6) is 0.606. The van der Waals surface area contributed by atoms with E-state index in [0.29, 0.717) is 23.4 Å². The van der Waals surface area contributed by atoms with Crippen LogP contribution >= 0.6 is 0 Å². The van der Waals surface area contributed by atoms with E-state index in [0.717, 1.165) is 31.5 Å². The Balaban J connectivity index is 1.61. The highest BCUT2D eigenvalue weighted by Crippen LogP contribution is 2.26. The number of cyclic esters (lactones) is 1. The van der Waals surface area contributed by atoms with E-state index in [4.69, 9.17) is 9.47 Å². The summed E-state index contributed by atoms with van der Waals surface area (Å²) in [7, 11) is 1.60. The number of carbonyl (C=O) groups excluding carboxylic acids is 1. The van der Waals surface area contributed by atoms with Gasteiger partial charge in [-0.25, -0.2) is 9.79 Å². The van der Waals surface area contributed by atoms with Gasteiger partial charge in [0.15, 0.2) is 5.70 Å². The van der Waals surface area contributed by atoms with Crippen molar-refractivity contribution in [3.8, 4) is 5.75 Å². The molecule has 1 fully saturated rings. The van der Waals surface area contributed by atoms with Gasteiger partial charge in [0.1, 0.15) is 5.75 Å². The SMILES string of the molecule is COc1cccc(C2=NC(=CN3CCNC4CCCC=C43)C(=O)O2)c1. The Hall–Kier alpha value is -2.60. The lowest BCUT2D eigenvalue weighted by Gasteiger charge is -2.38. The summed E-state index contributed by atoms with van der Waals surface area (Å²) in [5, 5.41) is 3.53. The van der Waals surface area contributed by atoms with E-state index in [1.807, 2.05) is 24.4 Å². The fourth-order valence-electron chi connectivity index (χ4n) is 3.44. The molecule has 1 N–H and O–H groups in total. The average Bonchev–Trinajstić information content (AvgIpc) is 3.03. The van der Waals surface area contributed by atoms with Crippen molar-refractivity contribution >= 4 is 11.9 Å². The van der Waals surface area contributed by atoms with Gasteiger partial charge in [-0.05, 0) is 37.5 Å². The predicted octanol–water partition coefficient (Wildman–Crippen LogP) is 2.18. The molecule has 25 heavy (non-hydrogen) atoms. The Morgan fingerprint density at radius 3 is 3.24 bits per heavy atom. The topological polar surface area (TPSA) is 63.2 Å². The van der Waals surface area contributed by atoms with E-state index < -0.39 is 5.97 Å². The first-order chi connectivity index (χ1) is 12.2. The Morgan fingerprint density at radius 2 is 2.36 bits per heavy atom. The number of benzene rings is 1. The van der Waals surface area contributed by atoms with Gasteiger partial charge in [0, 0.05) is 36.6 Å². The van der Waals surface area contributed by atoms with Gasteiger partial charge in [0.2, 0.25) is 5.90 Å². The van der Waals surface area contributed by atoms with Crippen LogP contribution in [0.5, 0.6) is 5.75 Å². The Bertz CT molecular complexity index is 782. The standard InChI is InChI=1S/C19H21N3O3/c1-24-14-6-4-5-13(11-14)18-21-16(19(23)25-18)12-22-10-9-20-15-7-2-3-8-17(15)22/h4-6,8,11-12,15,20H,2-3,7,9-10H2,1H3. The number of hydrogen-bond donors (Lipinski definition) is 1. The third kappa shape index (κ3) is 3.17. The summed E-state index contributed by atoms with van der Waals surface area (Å²) in [6.45, 7) is 1.72. The third-order valence-corrected chi connectivity index (χ3v) is 4.70. The van der Waals surface area contributed by atoms with Gasteiger partial charge in [-0.3, -0.25) is 0 Å². The van der Waals surface area contributed by atoms with E-state index in [1.54, 1.807) is 13.2 Å². The van der Waals surface area contributed by atoms with E-state index in [9.17, 15) is 4.79 Å². The smallest absolute Gasteiger partial charge is 0.365 e. The molecule has 6 heteroatoms. The van der Waals surface area contributed by atoms with Crippen molar-refractivity contribution in [3.63, 3.8) is 0 Å². The lowest BCUT2D eigenvalue weighted by atomic mass is 9.96. The minimum absolute atomic E-state index is 0.319. The van der Waals surface area contributed by atoms with Crippen molar-refractivity contribution in [1.29, 1.82) is 0 Å². The van der Waals surface area contributed by atoms with Gasteiger partial charge in [-0.15, -0.1) is 0 Å². The van der Waals surface area contributed by atoms with Crippen molar-refractivity contribution < 1.29 is 14.3 Å². The number of carbonyl (C=O) groups is 1. The van der Waals surface area contributed by atoms with Crippen molar-refractivity contribution in [2.45, 2.75) is 25.3 Å². The fraction of sp³-hybridized carbons (Fsp3) is 0.368. The maximum atomic E-state index is 12.2. The summed E-state index contributed by atoms with van der Waals surface area (Å²) in [4.78, 5) is 18.8. The zero-order valence-electron chi connectivity index (χ0n) is 14.2. The van der Waals surface area contributed by atoms with Gasteiger partial charge in [0.05, 0.1) is 7.11 Å². The lowest BCUT2D eigenvalue weighted by Crippen LogP contribution is -2.47. The Labute approximate surface area is 146 Å². The number of allylic oxidation sites excluding steroid dienone is 1. The van der Waals surface area contributed by atoms with Crippen LogP contribution in [0.1, 0.15) is 24.8 Å². The van der Waals surface area contributed by atoms with Crippen LogP contribution in [0.25, 0.3) is 0 Å². The highest BCUT2D eigenvalue weighted by molar-refractivity contribution is 6.11. The van der Waals surface area contributed by atoms with Crippen molar-refractivity contribution in [1.82, 2.24) is 10.2 Å². The summed E-state index contributed by atoms with van der Waals surface area (Å²) >= 11 is 0. The number of piperazine rings is 1. The van der Waals surface area contributed by atoms with E-state index in [1.165, 1.54) is 12.1 Å². The molecule has 1 unspecified atom stereocenters. The van der Waals surface area contributed by atoms with Gasteiger partial charge < -0.3 is 19.7 Å². The molecule has 0 bridgehead atoms. The molecule has 0 spiro atoms. The minimum Gasteiger partial charge on any atom is -0.497 e. The molecule has 3 aliphatic rings. The number of esters is 1. The summed E-state index contributed by atoms with van der Waals surface area (Å²) < 4.78 is 10.6. The largest absolute Gasteiger partial charge is 0.497 e. The summed E-state index contributed by atoms with van der Waals surface area (Å²) in [6.07, 6.45) is 7.49. The number of hydrogen-bond acceptors (Lipinski definition) is 6. The zero-order valence-corrected chi connectivity index (χ0v) is 14.2. The molecule has 2 aliphatic heterocycles. The molecular weight excluding hydrogens is 318 g/mol. The molecule has 1 aliphatic carbocycles. The van der Waals surface area contributed by atoms with Gasteiger partial charge in [-0.2, -0.15) is 0 Å². The summed E-state index contributed by atoms with van der Waals surface area (Å²) in [6, 6.07) is 7.72. The quantitative estimate of drug-likeness (QED) is 0.675. The number of nitrogens with one attached hydrogen (secondary N) is 1. The molecule has 4 rings (SSSR count). The molecule has 0 aromatic heterocycles. The highest BCUT2D eigenvalue weighted by Gasteiger charge is 2.29. The first kappa shape index (κ1) is 15.9. The number of ether oxygens (including phenoxy) is 2. The second kappa shape index (κ2) is 6.72. The van der Waals surface area contributed by atoms with E-state index in [-0.39, 0.29) is 0 Å². The summed E-state index contributed by atoms with van der Waals surface area (Å²) in [5.41, 5.74) is 2.30. The molecule has 1 aromatic carbocycles. The maximum Gasteiger partial charge on any atom is 0.365 e. The second-order valence-electron chi connectivity index (χ2n) is 6.31. The van der Waals surface area contributed by atoms with Crippen LogP contribution in [0.2, 0.25) is 0 Å². The van der Waals surface area contributed by atoms with Crippen LogP contribution in [0, 0.1) is 0 Å². The molecule has 1 aromatic rings. The molecule has 1 saturated heterocycles. The minimum atomic E-state index is -0.413. The average molecular weight is 339 g/mol. The van der Waals surface area contributed by atoms with Crippen LogP contribution in [-0.2, 0) is 9.53 Å². The molecule has 6 nitrogen and oxygen atoms in total. The molecule has 2 heterocycles. The van der Waals surface area contributed by atoms with Crippen molar-refractivity contribution in [2.75, 3.05) is 20.2 Å². The van der Waals surface area contributed by atoms with Crippen molar-refractivity contribution in [3.05, 3.63) is 53.5 Å². The fourth-order valence-corrected chi connectivity index (χ4v) is 3.44. The number of aliphatic imine (C=N–C) groups is 1. The Morgan fingerprint density at radius 1 is 1.44 bits per heavy atom. The molecule has 0 radical (unpaired) electrons. The van der Waals surface area contributed by atoms with E-state index in [2.05, 4.69) is 21.3 Å². The Kier molecular flexibility index (Phi) is 4.28. The first-order valence-electron chi connectivity index (χ1n) is 8.62. The van der Waals surface area contributed by atoms with Gasteiger partial charge >= 0.3 is 5.97 Å². The molecular formula is C19H21N3O3. The normalized spacial score (nSPS) is 24.5. The third-order valence-electron chi connectivity index (χ3n) is 4.70. The molecule has 0 saturated carbocycles. The predicted molar refractivity (Wildman–Crippen MR) is 94.1 cm³/mol. The number of nitrogens with zero attached hydrogens (tertiary/aromatic N) is 2. The van der Waals surface area contributed by atoms with Gasteiger partial charge in [-0.1, -0.05) is 12.1 Å².